The first-order valence-electron chi connectivity index (χ1n) is 13.9. The Bertz CT molecular complexity index is 1420. The van der Waals surface area contributed by atoms with E-state index >= 15 is 0 Å². The zero-order chi connectivity index (χ0) is 28.8. The molecule has 220 valence electrons. The molecule has 0 N–H and O–H groups in total. The predicted molar refractivity (Wildman–Crippen MR) is 157 cm³/mol. The quantitative estimate of drug-likeness (QED) is 0.368. The van der Waals surface area contributed by atoms with Crippen molar-refractivity contribution in [1.82, 2.24) is 19.1 Å². The molecule has 2 amide bonds. The number of morpholine rings is 1. The molecular weight excluding hydrogens is 566 g/mol. The maximum Gasteiger partial charge on any atom is 0.409 e. The molecule has 1 aromatic heterocycles. The van der Waals surface area contributed by atoms with Gasteiger partial charge >= 0.3 is 6.09 Å². The molecule has 11 nitrogen and oxygen atoms in total. The van der Waals surface area contributed by atoms with E-state index in [2.05, 4.69) is 4.90 Å². The number of ether oxygens (including phenoxy) is 2. The van der Waals surface area contributed by atoms with Gasteiger partial charge in [0.25, 0.3) is 5.91 Å². The summed E-state index contributed by atoms with van der Waals surface area (Å²) in [6, 6.07) is 13.9. The van der Waals surface area contributed by atoms with E-state index < -0.39 is 16.1 Å². The SMILES string of the molecule is CCOC(=O)N1CCN(S(=O)(=O)c2ccc(C(=O)N(CCCN3CCOCC3)c3nc4ccccc4s3)cc2)CC1. The largest absolute Gasteiger partial charge is 0.450 e. The van der Waals surface area contributed by atoms with Gasteiger partial charge in [0, 0.05) is 57.9 Å². The number of rotatable bonds is 9. The number of piperazine rings is 1. The van der Waals surface area contributed by atoms with Crippen LogP contribution in [0.2, 0.25) is 0 Å². The molecule has 2 fully saturated rings. The number of nitrogens with zero attached hydrogens (tertiary/aromatic N) is 5. The van der Waals surface area contributed by atoms with Gasteiger partial charge < -0.3 is 14.4 Å². The molecule has 2 aromatic carbocycles. The third-order valence-electron chi connectivity index (χ3n) is 7.22. The molecule has 3 aromatic rings. The molecule has 2 aliphatic rings. The van der Waals surface area contributed by atoms with Crippen LogP contribution in [0.15, 0.2) is 53.4 Å². The number of amides is 2. The van der Waals surface area contributed by atoms with E-state index in [9.17, 15) is 18.0 Å². The number of para-hydroxylation sites is 1. The predicted octanol–water partition coefficient (Wildman–Crippen LogP) is 3.13. The molecule has 2 saturated heterocycles. The first kappa shape index (κ1) is 29.4. The molecule has 5 rings (SSSR count). The van der Waals surface area contributed by atoms with Crippen molar-refractivity contribution < 1.29 is 27.5 Å². The molecule has 0 atom stereocenters. The summed E-state index contributed by atoms with van der Waals surface area (Å²) >= 11 is 1.47. The van der Waals surface area contributed by atoms with Crippen LogP contribution in [0.5, 0.6) is 0 Å². The van der Waals surface area contributed by atoms with Crippen molar-refractivity contribution in [3.63, 3.8) is 0 Å². The normalized spacial score (nSPS) is 17.0. The van der Waals surface area contributed by atoms with Gasteiger partial charge in [-0.15, -0.1) is 0 Å². The Balaban J connectivity index is 1.29. The van der Waals surface area contributed by atoms with Crippen LogP contribution in [0.4, 0.5) is 9.93 Å². The Labute approximate surface area is 244 Å². The number of anilines is 1. The fourth-order valence-electron chi connectivity index (χ4n) is 4.94. The molecule has 0 radical (unpaired) electrons. The molecule has 0 bridgehead atoms. The number of benzene rings is 2. The summed E-state index contributed by atoms with van der Waals surface area (Å²) in [6.07, 6.45) is 0.335. The third kappa shape index (κ3) is 6.87. The summed E-state index contributed by atoms with van der Waals surface area (Å²) in [4.78, 5) is 36.1. The number of sulfonamides is 1. The molecule has 3 heterocycles. The smallest absolute Gasteiger partial charge is 0.409 e. The molecule has 0 aliphatic carbocycles. The summed E-state index contributed by atoms with van der Waals surface area (Å²) in [6.45, 7) is 7.40. The van der Waals surface area contributed by atoms with Crippen molar-refractivity contribution >= 4 is 48.7 Å². The average Bonchev–Trinajstić information content (AvgIpc) is 3.44. The maximum absolute atomic E-state index is 13.8. The Morgan fingerprint density at radius 2 is 1.71 bits per heavy atom. The monoisotopic (exact) mass is 601 g/mol. The second-order valence-corrected chi connectivity index (χ2v) is 12.8. The summed E-state index contributed by atoms with van der Waals surface area (Å²) in [5.41, 5.74) is 1.23. The lowest BCUT2D eigenvalue weighted by molar-refractivity contribution is 0.0376. The molecule has 41 heavy (non-hydrogen) atoms. The summed E-state index contributed by atoms with van der Waals surface area (Å²) in [5, 5.41) is 0.620. The van der Waals surface area contributed by atoms with E-state index in [4.69, 9.17) is 14.5 Å². The molecule has 0 unspecified atom stereocenters. The molecule has 0 spiro atoms. The van der Waals surface area contributed by atoms with Crippen LogP contribution >= 0.6 is 11.3 Å². The van der Waals surface area contributed by atoms with Crippen molar-refractivity contribution in [3.8, 4) is 0 Å². The highest BCUT2D eigenvalue weighted by Crippen LogP contribution is 2.30. The zero-order valence-corrected chi connectivity index (χ0v) is 24.7. The Kier molecular flexibility index (Phi) is 9.50. The van der Waals surface area contributed by atoms with E-state index in [1.165, 1.54) is 32.7 Å². The molecule has 2 aliphatic heterocycles. The summed E-state index contributed by atoms with van der Waals surface area (Å²) < 4.78 is 39.4. The van der Waals surface area contributed by atoms with Crippen molar-refractivity contribution in [1.29, 1.82) is 0 Å². The Morgan fingerprint density at radius 1 is 1.00 bits per heavy atom. The minimum Gasteiger partial charge on any atom is -0.450 e. The lowest BCUT2D eigenvalue weighted by Crippen LogP contribution is -2.50. The highest BCUT2D eigenvalue weighted by atomic mass is 32.2. The van der Waals surface area contributed by atoms with Crippen molar-refractivity contribution in [2.75, 3.05) is 77.1 Å². The fourth-order valence-corrected chi connectivity index (χ4v) is 7.35. The van der Waals surface area contributed by atoms with Gasteiger partial charge in [-0.1, -0.05) is 23.5 Å². The van der Waals surface area contributed by atoms with Crippen LogP contribution in [-0.4, -0.2) is 112 Å². The number of aromatic nitrogens is 1. The van der Waals surface area contributed by atoms with Crippen LogP contribution in [0.1, 0.15) is 23.7 Å². The topological polar surface area (TPSA) is 113 Å². The van der Waals surface area contributed by atoms with Crippen molar-refractivity contribution in [3.05, 3.63) is 54.1 Å². The van der Waals surface area contributed by atoms with Crippen LogP contribution in [0.3, 0.4) is 0 Å². The summed E-state index contributed by atoms with van der Waals surface area (Å²) in [7, 11) is -3.78. The van der Waals surface area contributed by atoms with Crippen LogP contribution < -0.4 is 4.90 Å². The average molecular weight is 602 g/mol. The maximum atomic E-state index is 13.8. The van der Waals surface area contributed by atoms with Gasteiger partial charge in [-0.2, -0.15) is 4.31 Å². The van der Waals surface area contributed by atoms with Crippen molar-refractivity contribution in [2.24, 2.45) is 0 Å². The minimum atomic E-state index is -3.78. The molecule has 13 heteroatoms. The van der Waals surface area contributed by atoms with E-state index in [1.54, 1.807) is 24.0 Å². The summed E-state index contributed by atoms with van der Waals surface area (Å²) in [5.74, 6) is -0.224. The van der Waals surface area contributed by atoms with E-state index in [1.807, 2.05) is 24.3 Å². The second kappa shape index (κ2) is 13.3. The van der Waals surface area contributed by atoms with E-state index in [-0.39, 0.29) is 43.6 Å². The number of hydrogen-bond donors (Lipinski definition) is 0. The van der Waals surface area contributed by atoms with Gasteiger partial charge in [0.15, 0.2) is 5.13 Å². The molecular formula is C28H35N5O6S2. The number of carbonyl (C=O) groups excluding carboxylic acids is 2. The first-order chi connectivity index (χ1) is 19.9. The van der Waals surface area contributed by atoms with Gasteiger partial charge in [-0.05, 0) is 49.7 Å². The van der Waals surface area contributed by atoms with Crippen LogP contribution in [-0.2, 0) is 19.5 Å². The fraction of sp³-hybridized carbons (Fsp3) is 0.464. The van der Waals surface area contributed by atoms with Gasteiger partial charge in [-0.25, -0.2) is 18.2 Å². The number of carbonyl (C=O) groups is 2. The highest BCUT2D eigenvalue weighted by Gasteiger charge is 2.31. The number of fused-ring (bicyclic) bond motifs is 1. The van der Waals surface area contributed by atoms with Gasteiger partial charge in [0.05, 0.1) is 34.9 Å². The van der Waals surface area contributed by atoms with Gasteiger partial charge in [0.1, 0.15) is 0 Å². The van der Waals surface area contributed by atoms with E-state index in [0.29, 0.717) is 17.2 Å². The van der Waals surface area contributed by atoms with Gasteiger partial charge in [-0.3, -0.25) is 14.6 Å². The van der Waals surface area contributed by atoms with E-state index in [0.717, 1.165) is 49.5 Å². The zero-order valence-electron chi connectivity index (χ0n) is 23.1. The van der Waals surface area contributed by atoms with Gasteiger partial charge in [0.2, 0.25) is 10.0 Å². The number of hydrogen-bond acceptors (Lipinski definition) is 9. The lowest BCUT2D eigenvalue weighted by atomic mass is 10.2. The first-order valence-corrected chi connectivity index (χ1v) is 16.1. The minimum absolute atomic E-state index is 0.109. The Morgan fingerprint density at radius 3 is 2.39 bits per heavy atom. The second-order valence-electron chi connectivity index (χ2n) is 9.84. The van der Waals surface area contributed by atoms with Crippen molar-refractivity contribution in [2.45, 2.75) is 18.2 Å². The van der Waals surface area contributed by atoms with Crippen LogP contribution in [0, 0.1) is 0 Å². The standard InChI is InChI=1S/C28H35N5O6S2/c1-2-39-28(35)31-14-16-32(17-15-31)41(36,37)23-10-8-22(9-11-23)26(34)33(13-5-12-30-18-20-38-21-19-30)27-29-24-6-3-4-7-25(24)40-27/h3-4,6-11H,2,5,12-21H2,1H3. The molecule has 0 saturated carbocycles. The Hall–Kier alpha value is -3.10. The number of thiazole rings is 1. The van der Waals surface area contributed by atoms with Crippen LogP contribution in [0.25, 0.3) is 10.2 Å². The highest BCUT2D eigenvalue weighted by molar-refractivity contribution is 7.89. The third-order valence-corrected chi connectivity index (χ3v) is 10.2. The lowest BCUT2D eigenvalue weighted by Gasteiger charge is -2.33.